The third kappa shape index (κ3) is 6.20. The normalized spacial score (nSPS) is 11.6. The Morgan fingerprint density at radius 3 is 2.26 bits per heavy atom. The van der Waals surface area contributed by atoms with Crippen LogP contribution in [0.15, 0.2) is 42.5 Å². The van der Waals surface area contributed by atoms with Crippen LogP contribution in [0.3, 0.4) is 0 Å². The summed E-state index contributed by atoms with van der Waals surface area (Å²) >= 11 is 0. The molecule has 5 heteroatoms. The minimum Gasteiger partial charge on any atom is -0.490 e. The fourth-order valence-corrected chi connectivity index (χ4v) is 2.61. The molecule has 0 heterocycles. The minimum absolute atomic E-state index is 0.134. The number of carbonyl (C=O) groups excluding carboxylic acids is 1. The lowest BCUT2D eigenvalue weighted by atomic mass is 10.2. The number of hydrogen-bond acceptors (Lipinski definition) is 4. The zero-order valence-corrected chi connectivity index (χ0v) is 16.6. The van der Waals surface area contributed by atoms with Gasteiger partial charge in [-0.1, -0.05) is 30.7 Å². The van der Waals surface area contributed by atoms with E-state index in [9.17, 15) is 4.79 Å². The van der Waals surface area contributed by atoms with Gasteiger partial charge in [-0.3, -0.25) is 4.79 Å². The van der Waals surface area contributed by atoms with Gasteiger partial charge in [-0.2, -0.15) is 0 Å². The summed E-state index contributed by atoms with van der Waals surface area (Å²) in [7, 11) is 0. The summed E-state index contributed by atoms with van der Waals surface area (Å²) in [6.45, 7) is 9.34. The first kappa shape index (κ1) is 20.6. The molecule has 1 N–H and O–H groups in total. The van der Waals surface area contributed by atoms with E-state index in [4.69, 9.17) is 14.2 Å². The van der Waals surface area contributed by atoms with Crippen molar-refractivity contribution in [1.29, 1.82) is 0 Å². The first-order valence-electron chi connectivity index (χ1n) is 9.46. The molecule has 1 atom stereocenters. The van der Waals surface area contributed by atoms with Crippen LogP contribution in [0.2, 0.25) is 0 Å². The standard InChI is InChI=1S/C22H29NO4/c1-5-19(27-18-11-8-16(4)9-12-18)22(24)23-15-17-10-13-20(25-6-2)21(14-17)26-7-3/h8-14,19H,5-7,15H2,1-4H3,(H,23,24)/t19-/m1/s1. The zero-order valence-electron chi connectivity index (χ0n) is 16.6. The van der Waals surface area contributed by atoms with Gasteiger partial charge in [-0.15, -0.1) is 0 Å². The summed E-state index contributed by atoms with van der Waals surface area (Å²) in [5, 5.41) is 2.94. The molecule has 0 aliphatic heterocycles. The molecule has 0 aliphatic carbocycles. The second-order valence-corrected chi connectivity index (χ2v) is 6.19. The topological polar surface area (TPSA) is 56.8 Å². The van der Waals surface area contributed by atoms with Crippen molar-refractivity contribution in [3.05, 3.63) is 53.6 Å². The van der Waals surface area contributed by atoms with E-state index in [2.05, 4.69) is 5.32 Å². The molecule has 2 aromatic carbocycles. The van der Waals surface area contributed by atoms with E-state index in [0.29, 0.717) is 43.4 Å². The second kappa shape index (κ2) is 10.5. The molecule has 2 aromatic rings. The summed E-state index contributed by atoms with van der Waals surface area (Å²) in [4.78, 5) is 12.5. The smallest absolute Gasteiger partial charge is 0.261 e. The summed E-state index contributed by atoms with van der Waals surface area (Å²) < 4.78 is 17.0. The maximum Gasteiger partial charge on any atom is 0.261 e. The number of carbonyl (C=O) groups is 1. The van der Waals surface area contributed by atoms with Gasteiger partial charge in [0.25, 0.3) is 5.91 Å². The average molecular weight is 371 g/mol. The number of aryl methyl sites for hydroxylation is 1. The van der Waals surface area contributed by atoms with Gasteiger partial charge >= 0.3 is 0 Å². The van der Waals surface area contributed by atoms with Crippen molar-refractivity contribution >= 4 is 5.91 Å². The molecular weight excluding hydrogens is 342 g/mol. The van der Waals surface area contributed by atoms with E-state index in [1.807, 2.05) is 70.2 Å². The van der Waals surface area contributed by atoms with Crippen LogP contribution in [-0.2, 0) is 11.3 Å². The summed E-state index contributed by atoms with van der Waals surface area (Å²) in [6, 6.07) is 13.4. The first-order chi connectivity index (χ1) is 13.1. The highest BCUT2D eigenvalue weighted by Gasteiger charge is 2.18. The van der Waals surface area contributed by atoms with E-state index in [0.717, 1.165) is 11.1 Å². The average Bonchev–Trinajstić information content (AvgIpc) is 2.67. The lowest BCUT2D eigenvalue weighted by Gasteiger charge is -2.18. The Morgan fingerprint density at radius 2 is 1.63 bits per heavy atom. The first-order valence-corrected chi connectivity index (χ1v) is 9.46. The number of benzene rings is 2. The Morgan fingerprint density at radius 1 is 0.963 bits per heavy atom. The van der Waals surface area contributed by atoms with Gasteiger partial charge in [-0.05, 0) is 57.0 Å². The number of ether oxygens (including phenoxy) is 3. The Hall–Kier alpha value is -2.69. The second-order valence-electron chi connectivity index (χ2n) is 6.19. The Balaban J connectivity index is 1.98. The molecule has 1 amide bonds. The fourth-order valence-electron chi connectivity index (χ4n) is 2.61. The number of hydrogen-bond donors (Lipinski definition) is 1. The zero-order chi connectivity index (χ0) is 19.6. The quantitative estimate of drug-likeness (QED) is 0.678. The molecule has 146 valence electrons. The monoisotopic (exact) mass is 371 g/mol. The number of amides is 1. The van der Waals surface area contributed by atoms with Crippen LogP contribution in [0.4, 0.5) is 0 Å². The molecule has 0 spiro atoms. The highest BCUT2D eigenvalue weighted by atomic mass is 16.5. The molecule has 0 aromatic heterocycles. The van der Waals surface area contributed by atoms with Crippen LogP contribution < -0.4 is 19.5 Å². The van der Waals surface area contributed by atoms with Crippen LogP contribution in [0, 0.1) is 6.92 Å². The SMILES string of the molecule is CCOc1ccc(CNC(=O)[C@@H](CC)Oc2ccc(C)cc2)cc1OCC. The molecule has 27 heavy (non-hydrogen) atoms. The van der Waals surface area contributed by atoms with Crippen LogP contribution in [-0.4, -0.2) is 25.2 Å². The lowest BCUT2D eigenvalue weighted by Crippen LogP contribution is -2.37. The van der Waals surface area contributed by atoms with Gasteiger partial charge in [0.2, 0.25) is 0 Å². The third-order valence-electron chi connectivity index (χ3n) is 4.04. The molecule has 2 rings (SSSR count). The Labute approximate surface area is 161 Å². The maximum absolute atomic E-state index is 12.5. The van der Waals surface area contributed by atoms with Crippen LogP contribution in [0.5, 0.6) is 17.2 Å². The molecule has 0 fully saturated rings. The Kier molecular flexibility index (Phi) is 7.99. The van der Waals surface area contributed by atoms with E-state index >= 15 is 0 Å². The van der Waals surface area contributed by atoms with Gasteiger partial charge in [-0.25, -0.2) is 0 Å². The summed E-state index contributed by atoms with van der Waals surface area (Å²) in [6.07, 6.45) is 0.0643. The molecule has 0 aliphatic rings. The predicted octanol–water partition coefficient (Wildman–Crippen LogP) is 4.27. The Bertz CT molecular complexity index is 728. The molecule has 0 radical (unpaired) electrons. The maximum atomic E-state index is 12.5. The van der Waals surface area contributed by atoms with Crippen LogP contribution in [0.25, 0.3) is 0 Å². The third-order valence-corrected chi connectivity index (χ3v) is 4.04. The van der Waals surface area contributed by atoms with Crippen molar-refractivity contribution in [1.82, 2.24) is 5.32 Å². The summed E-state index contributed by atoms with van der Waals surface area (Å²) in [5.41, 5.74) is 2.10. The van der Waals surface area contributed by atoms with Crippen LogP contribution in [0.1, 0.15) is 38.3 Å². The van der Waals surface area contributed by atoms with Crippen LogP contribution >= 0.6 is 0 Å². The van der Waals surface area contributed by atoms with E-state index in [-0.39, 0.29) is 5.91 Å². The van der Waals surface area contributed by atoms with E-state index in [1.165, 1.54) is 0 Å². The van der Waals surface area contributed by atoms with Crippen molar-refractivity contribution < 1.29 is 19.0 Å². The predicted molar refractivity (Wildman–Crippen MR) is 107 cm³/mol. The van der Waals surface area contributed by atoms with Crippen molar-refractivity contribution in [2.45, 2.75) is 46.8 Å². The molecule has 0 bridgehead atoms. The van der Waals surface area contributed by atoms with Crippen molar-refractivity contribution in [2.75, 3.05) is 13.2 Å². The summed E-state index contributed by atoms with van der Waals surface area (Å²) in [5.74, 6) is 1.96. The molecule has 0 unspecified atom stereocenters. The molecule has 5 nitrogen and oxygen atoms in total. The largest absolute Gasteiger partial charge is 0.490 e. The molecule has 0 saturated carbocycles. The molecular formula is C22H29NO4. The minimum atomic E-state index is -0.526. The highest BCUT2D eigenvalue weighted by molar-refractivity contribution is 5.81. The van der Waals surface area contributed by atoms with Crippen molar-refractivity contribution in [3.8, 4) is 17.2 Å². The number of nitrogens with one attached hydrogen (secondary N) is 1. The van der Waals surface area contributed by atoms with Gasteiger partial charge in [0.1, 0.15) is 5.75 Å². The van der Waals surface area contributed by atoms with E-state index in [1.54, 1.807) is 0 Å². The van der Waals surface area contributed by atoms with Gasteiger partial charge in [0, 0.05) is 6.54 Å². The number of rotatable bonds is 10. The fraction of sp³-hybridized carbons (Fsp3) is 0.409. The van der Waals surface area contributed by atoms with Gasteiger partial charge in [0.15, 0.2) is 17.6 Å². The van der Waals surface area contributed by atoms with Gasteiger partial charge in [0.05, 0.1) is 13.2 Å². The van der Waals surface area contributed by atoms with Crippen molar-refractivity contribution in [3.63, 3.8) is 0 Å². The van der Waals surface area contributed by atoms with Gasteiger partial charge < -0.3 is 19.5 Å². The lowest BCUT2D eigenvalue weighted by molar-refractivity contribution is -0.128. The van der Waals surface area contributed by atoms with Crippen molar-refractivity contribution in [2.24, 2.45) is 0 Å². The molecule has 0 saturated heterocycles. The van der Waals surface area contributed by atoms with E-state index < -0.39 is 6.10 Å². The highest BCUT2D eigenvalue weighted by Crippen LogP contribution is 2.28.